The van der Waals surface area contributed by atoms with Crippen molar-refractivity contribution in [3.05, 3.63) is 48.3 Å². The van der Waals surface area contributed by atoms with Crippen LogP contribution < -0.4 is 0 Å². The van der Waals surface area contributed by atoms with Crippen LogP contribution in [0.25, 0.3) is 22.4 Å². The average molecular weight is 281 g/mol. The molecule has 5 heteroatoms. The molecular formula is C16H15N3O2. The zero-order valence-electron chi connectivity index (χ0n) is 11.7. The second kappa shape index (κ2) is 5.36. The van der Waals surface area contributed by atoms with Crippen LogP contribution in [0.4, 0.5) is 0 Å². The molecule has 0 bridgehead atoms. The first kappa shape index (κ1) is 13.3. The van der Waals surface area contributed by atoms with Crippen LogP contribution in [0.1, 0.15) is 12.5 Å². The van der Waals surface area contributed by atoms with Crippen molar-refractivity contribution in [2.75, 3.05) is 0 Å². The Kier molecular flexibility index (Phi) is 3.39. The van der Waals surface area contributed by atoms with Gasteiger partial charge >= 0.3 is 5.97 Å². The molecule has 1 N–H and O–H groups in total. The fraction of sp³-hybridized carbons (Fsp3) is 0.188. The molecule has 0 spiro atoms. The van der Waals surface area contributed by atoms with Crippen LogP contribution in [0.2, 0.25) is 0 Å². The molecular weight excluding hydrogens is 266 g/mol. The van der Waals surface area contributed by atoms with Gasteiger partial charge in [-0.3, -0.25) is 9.78 Å². The highest BCUT2D eigenvalue weighted by molar-refractivity contribution is 5.82. The summed E-state index contributed by atoms with van der Waals surface area (Å²) < 4.78 is 2.12. The number of carboxylic acids is 1. The van der Waals surface area contributed by atoms with Gasteiger partial charge in [-0.05, 0) is 36.8 Å². The summed E-state index contributed by atoms with van der Waals surface area (Å²) in [5.41, 5.74) is 3.60. The third kappa shape index (κ3) is 2.50. The van der Waals surface area contributed by atoms with Gasteiger partial charge in [0.05, 0.1) is 17.5 Å². The summed E-state index contributed by atoms with van der Waals surface area (Å²) in [5, 5.41) is 8.89. The lowest BCUT2D eigenvalue weighted by Crippen LogP contribution is -2.00. The van der Waals surface area contributed by atoms with Crippen LogP contribution in [0.15, 0.2) is 42.7 Å². The van der Waals surface area contributed by atoms with Crippen LogP contribution in [0.3, 0.4) is 0 Å². The number of benzene rings is 1. The van der Waals surface area contributed by atoms with Crippen LogP contribution in [-0.4, -0.2) is 25.6 Å². The van der Waals surface area contributed by atoms with E-state index in [0.717, 1.165) is 34.5 Å². The lowest BCUT2D eigenvalue weighted by Gasteiger charge is -2.05. The van der Waals surface area contributed by atoms with Crippen molar-refractivity contribution < 1.29 is 9.90 Å². The number of aryl methyl sites for hydroxylation is 1. The van der Waals surface area contributed by atoms with E-state index < -0.39 is 5.97 Å². The number of hydrogen-bond donors (Lipinski definition) is 1. The standard InChI is InChI=1S/C16H15N3O2/c1-2-19-14-4-3-11(10-15(20)21)9-13(14)18-16(19)12-5-7-17-8-6-12/h3-9H,2,10H2,1H3,(H,20,21). The van der Waals surface area contributed by atoms with E-state index in [-0.39, 0.29) is 6.42 Å². The monoisotopic (exact) mass is 281 g/mol. The third-order valence-electron chi connectivity index (χ3n) is 3.42. The molecule has 0 aliphatic heterocycles. The molecule has 21 heavy (non-hydrogen) atoms. The Balaban J connectivity index is 2.15. The topological polar surface area (TPSA) is 68.0 Å². The number of aliphatic carboxylic acids is 1. The van der Waals surface area contributed by atoms with E-state index >= 15 is 0 Å². The van der Waals surface area contributed by atoms with Crippen LogP contribution in [0.5, 0.6) is 0 Å². The number of hydrogen-bond acceptors (Lipinski definition) is 3. The fourth-order valence-corrected chi connectivity index (χ4v) is 2.50. The first-order valence-electron chi connectivity index (χ1n) is 6.80. The lowest BCUT2D eigenvalue weighted by molar-refractivity contribution is -0.136. The van der Waals surface area contributed by atoms with Crippen molar-refractivity contribution in [2.45, 2.75) is 19.9 Å². The molecule has 0 amide bonds. The predicted molar refractivity (Wildman–Crippen MR) is 80.0 cm³/mol. The number of fused-ring (bicyclic) bond motifs is 1. The first-order chi connectivity index (χ1) is 10.2. The highest BCUT2D eigenvalue weighted by Gasteiger charge is 2.12. The minimum absolute atomic E-state index is 0.0134. The Morgan fingerprint density at radius 1 is 1.24 bits per heavy atom. The molecule has 0 aliphatic carbocycles. The zero-order valence-corrected chi connectivity index (χ0v) is 11.7. The molecule has 3 aromatic rings. The number of aromatic nitrogens is 3. The SMILES string of the molecule is CCn1c(-c2ccncc2)nc2cc(CC(=O)O)ccc21. The van der Waals surface area contributed by atoms with E-state index in [2.05, 4.69) is 21.5 Å². The molecule has 0 saturated heterocycles. The molecule has 0 radical (unpaired) electrons. The molecule has 0 aliphatic rings. The number of rotatable bonds is 4. The molecule has 2 heterocycles. The summed E-state index contributed by atoms with van der Waals surface area (Å²) in [6.07, 6.45) is 3.49. The van der Waals surface area contributed by atoms with Crippen molar-refractivity contribution in [3.63, 3.8) is 0 Å². The van der Waals surface area contributed by atoms with Crippen LogP contribution in [0, 0.1) is 0 Å². The quantitative estimate of drug-likeness (QED) is 0.798. The second-order valence-corrected chi connectivity index (χ2v) is 4.81. The first-order valence-corrected chi connectivity index (χ1v) is 6.80. The molecule has 1 aromatic carbocycles. The Morgan fingerprint density at radius 3 is 2.67 bits per heavy atom. The lowest BCUT2D eigenvalue weighted by atomic mass is 10.1. The van der Waals surface area contributed by atoms with Crippen molar-refractivity contribution in [2.24, 2.45) is 0 Å². The number of carboxylic acid groups (broad SMARTS) is 1. The summed E-state index contributed by atoms with van der Waals surface area (Å²) in [7, 11) is 0. The van der Waals surface area contributed by atoms with Gasteiger partial charge in [0, 0.05) is 24.5 Å². The van der Waals surface area contributed by atoms with Gasteiger partial charge in [-0.1, -0.05) is 6.07 Å². The van der Waals surface area contributed by atoms with E-state index in [4.69, 9.17) is 5.11 Å². The second-order valence-electron chi connectivity index (χ2n) is 4.81. The van der Waals surface area contributed by atoms with Crippen molar-refractivity contribution >= 4 is 17.0 Å². The smallest absolute Gasteiger partial charge is 0.307 e. The van der Waals surface area contributed by atoms with Gasteiger partial charge in [0.1, 0.15) is 5.82 Å². The Bertz CT molecular complexity index is 794. The maximum absolute atomic E-state index is 10.8. The molecule has 2 aromatic heterocycles. The van der Waals surface area contributed by atoms with Gasteiger partial charge in [-0.2, -0.15) is 0 Å². The van der Waals surface area contributed by atoms with E-state index in [1.54, 1.807) is 12.4 Å². The maximum Gasteiger partial charge on any atom is 0.307 e. The van der Waals surface area contributed by atoms with Gasteiger partial charge in [0.2, 0.25) is 0 Å². The summed E-state index contributed by atoms with van der Waals surface area (Å²) in [5.74, 6) is 0.0426. The van der Waals surface area contributed by atoms with E-state index in [1.165, 1.54) is 0 Å². The summed E-state index contributed by atoms with van der Waals surface area (Å²) in [4.78, 5) is 19.5. The molecule has 3 rings (SSSR count). The Hall–Kier alpha value is -2.69. The van der Waals surface area contributed by atoms with E-state index in [9.17, 15) is 4.79 Å². The van der Waals surface area contributed by atoms with Gasteiger partial charge in [0.25, 0.3) is 0 Å². The molecule has 0 saturated carbocycles. The molecule has 106 valence electrons. The minimum Gasteiger partial charge on any atom is -0.481 e. The predicted octanol–water partition coefficient (Wildman–Crippen LogP) is 2.75. The molecule has 5 nitrogen and oxygen atoms in total. The molecule has 0 atom stereocenters. The van der Waals surface area contributed by atoms with Gasteiger partial charge in [-0.25, -0.2) is 4.98 Å². The third-order valence-corrected chi connectivity index (χ3v) is 3.42. The molecule has 0 fully saturated rings. The summed E-state index contributed by atoms with van der Waals surface area (Å²) in [6, 6.07) is 9.48. The Morgan fingerprint density at radius 2 is 2.00 bits per heavy atom. The van der Waals surface area contributed by atoms with Crippen LogP contribution in [-0.2, 0) is 17.8 Å². The summed E-state index contributed by atoms with van der Waals surface area (Å²) in [6.45, 7) is 2.86. The maximum atomic E-state index is 10.8. The number of imidazole rings is 1. The highest BCUT2D eigenvalue weighted by Crippen LogP contribution is 2.25. The minimum atomic E-state index is -0.835. The Labute approximate surface area is 121 Å². The van der Waals surface area contributed by atoms with Gasteiger partial charge in [-0.15, -0.1) is 0 Å². The number of pyridine rings is 1. The van der Waals surface area contributed by atoms with E-state index in [1.807, 2.05) is 30.3 Å². The average Bonchev–Trinajstić information content (AvgIpc) is 2.85. The number of carbonyl (C=O) groups is 1. The zero-order chi connectivity index (χ0) is 14.8. The van der Waals surface area contributed by atoms with E-state index in [0.29, 0.717) is 0 Å². The largest absolute Gasteiger partial charge is 0.481 e. The van der Waals surface area contributed by atoms with Gasteiger partial charge < -0.3 is 9.67 Å². The highest BCUT2D eigenvalue weighted by atomic mass is 16.4. The van der Waals surface area contributed by atoms with Crippen LogP contribution >= 0.6 is 0 Å². The van der Waals surface area contributed by atoms with Gasteiger partial charge in [0.15, 0.2) is 0 Å². The fourth-order valence-electron chi connectivity index (χ4n) is 2.50. The molecule has 0 unspecified atom stereocenters. The van der Waals surface area contributed by atoms with Crippen molar-refractivity contribution in [1.82, 2.24) is 14.5 Å². The van der Waals surface area contributed by atoms with Crippen molar-refractivity contribution in [1.29, 1.82) is 0 Å². The normalized spacial score (nSPS) is 10.9. The van der Waals surface area contributed by atoms with Crippen molar-refractivity contribution in [3.8, 4) is 11.4 Å². The summed E-state index contributed by atoms with van der Waals surface area (Å²) >= 11 is 0. The number of nitrogens with zero attached hydrogens (tertiary/aromatic N) is 3.